The number of methoxy groups -OCH3 is 1. The molecule has 1 fully saturated rings. The molecule has 5 nitrogen and oxygen atoms in total. The summed E-state index contributed by atoms with van der Waals surface area (Å²) in [6.45, 7) is 4.76. The zero-order chi connectivity index (χ0) is 20.7. The fraction of sp³-hybridized carbons (Fsp3) is 0.417. The Hall–Kier alpha value is -2.82. The Morgan fingerprint density at radius 3 is 2.48 bits per heavy atom. The molecule has 152 valence electrons. The highest BCUT2D eigenvalue weighted by molar-refractivity contribution is 5.95. The monoisotopic (exact) mass is 393 g/mol. The number of rotatable bonds is 4. The topological polar surface area (TPSA) is 66.8 Å². The molecule has 4 atom stereocenters. The van der Waals surface area contributed by atoms with Crippen LogP contribution < -0.4 is 4.74 Å². The van der Waals surface area contributed by atoms with Gasteiger partial charge < -0.3 is 14.7 Å². The number of likely N-dealkylation sites (tertiary alicyclic amines) is 1. The summed E-state index contributed by atoms with van der Waals surface area (Å²) in [6.07, 6.45) is 0.787. The first-order valence-electron chi connectivity index (χ1n) is 10.2. The van der Waals surface area contributed by atoms with Gasteiger partial charge in [-0.05, 0) is 53.6 Å². The molecule has 1 saturated heterocycles. The highest BCUT2D eigenvalue weighted by Gasteiger charge is 2.53. The predicted octanol–water partition coefficient (Wildman–Crippen LogP) is 3.83. The number of carbonyl (C=O) groups excluding carboxylic acids is 1. The average molecular weight is 393 g/mol. The van der Waals surface area contributed by atoms with Crippen LogP contribution in [-0.4, -0.2) is 41.6 Å². The van der Waals surface area contributed by atoms with Crippen molar-refractivity contribution in [3.63, 3.8) is 0 Å². The molecular formula is C24H27NO4. The van der Waals surface area contributed by atoms with E-state index in [1.165, 1.54) is 0 Å². The lowest BCUT2D eigenvalue weighted by Gasteiger charge is -2.38. The second kappa shape index (κ2) is 7.54. The number of carboxylic acids is 1. The maximum Gasteiger partial charge on any atom is 0.311 e. The molecule has 0 unspecified atom stereocenters. The Balaban J connectivity index is 1.77. The van der Waals surface area contributed by atoms with Crippen LogP contribution in [0.1, 0.15) is 41.3 Å². The number of hydrogen-bond acceptors (Lipinski definition) is 3. The number of amides is 1. The third kappa shape index (κ3) is 3.28. The van der Waals surface area contributed by atoms with Crippen LogP contribution in [0.5, 0.6) is 5.75 Å². The zero-order valence-corrected chi connectivity index (χ0v) is 17.0. The number of carbonyl (C=O) groups is 2. The van der Waals surface area contributed by atoms with Gasteiger partial charge in [0.1, 0.15) is 5.75 Å². The zero-order valence-electron chi connectivity index (χ0n) is 17.0. The Kier molecular flexibility index (Phi) is 5.07. The molecule has 0 radical (unpaired) electrons. The van der Waals surface area contributed by atoms with E-state index in [1.807, 2.05) is 53.4 Å². The van der Waals surface area contributed by atoms with Gasteiger partial charge in [-0.2, -0.15) is 0 Å². The maximum absolute atomic E-state index is 13.3. The summed E-state index contributed by atoms with van der Waals surface area (Å²) in [5.41, 5.74) is 2.54. The summed E-state index contributed by atoms with van der Waals surface area (Å²) in [7, 11) is 1.59. The van der Waals surface area contributed by atoms with Gasteiger partial charge in [-0.1, -0.05) is 38.1 Å². The lowest BCUT2D eigenvalue weighted by molar-refractivity contribution is -0.141. The number of fused-ring (bicyclic) bond motifs is 2. The number of hydrogen-bond donors (Lipinski definition) is 1. The summed E-state index contributed by atoms with van der Waals surface area (Å²) in [5, 5.41) is 10.2. The van der Waals surface area contributed by atoms with Crippen molar-refractivity contribution in [1.29, 1.82) is 0 Å². The number of aliphatic carboxylic acids is 1. The molecule has 0 spiro atoms. The molecule has 1 aliphatic heterocycles. The number of nitrogens with zero attached hydrogens (tertiary/aromatic N) is 1. The third-order valence-electron chi connectivity index (χ3n) is 6.52. The summed E-state index contributed by atoms with van der Waals surface area (Å²) >= 11 is 0. The fourth-order valence-electron chi connectivity index (χ4n) is 5.38. The van der Waals surface area contributed by atoms with Gasteiger partial charge in [-0.15, -0.1) is 0 Å². The van der Waals surface area contributed by atoms with E-state index in [9.17, 15) is 14.7 Å². The lowest BCUT2D eigenvalue weighted by atomic mass is 9.66. The van der Waals surface area contributed by atoms with Crippen LogP contribution in [0.2, 0.25) is 0 Å². The molecule has 1 N–H and O–H groups in total. The van der Waals surface area contributed by atoms with Crippen molar-refractivity contribution in [2.45, 2.75) is 32.2 Å². The molecule has 29 heavy (non-hydrogen) atoms. The van der Waals surface area contributed by atoms with E-state index in [0.29, 0.717) is 17.9 Å². The summed E-state index contributed by atoms with van der Waals surface area (Å²) in [6, 6.07) is 14.9. The molecule has 0 aromatic heterocycles. The van der Waals surface area contributed by atoms with Crippen molar-refractivity contribution in [1.82, 2.24) is 4.90 Å². The number of ether oxygens (including phenoxy) is 1. The minimum atomic E-state index is -0.825. The molecule has 5 heteroatoms. The van der Waals surface area contributed by atoms with Crippen molar-refractivity contribution in [2.24, 2.45) is 17.8 Å². The van der Waals surface area contributed by atoms with Crippen LogP contribution in [-0.2, 0) is 11.2 Å². The van der Waals surface area contributed by atoms with Crippen molar-refractivity contribution in [2.75, 3.05) is 13.7 Å². The smallest absolute Gasteiger partial charge is 0.311 e. The van der Waals surface area contributed by atoms with Crippen LogP contribution >= 0.6 is 0 Å². The van der Waals surface area contributed by atoms with Gasteiger partial charge in [0.2, 0.25) is 0 Å². The largest absolute Gasteiger partial charge is 0.497 e. The molecule has 2 aromatic carbocycles. The maximum atomic E-state index is 13.3. The molecule has 1 amide bonds. The molecule has 2 aromatic rings. The predicted molar refractivity (Wildman–Crippen MR) is 110 cm³/mol. The van der Waals surface area contributed by atoms with Crippen molar-refractivity contribution < 1.29 is 19.4 Å². The standard InChI is InChI=1S/C24H27NO4/c1-14(2)22-20-17(13-25(22)23(26)15-7-5-4-6-8-15)11-16-9-10-18(29-3)12-19(16)21(20)24(27)28/h4-10,12,14,17,20-22H,11,13H2,1-3H3,(H,27,28)/t17-,20+,21+,22+/m1/s1. The Bertz CT molecular complexity index is 924. The van der Waals surface area contributed by atoms with Crippen LogP contribution in [0, 0.1) is 17.8 Å². The second-order valence-electron chi connectivity index (χ2n) is 8.48. The first-order valence-corrected chi connectivity index (χ1v) is 10.2. The first kappa shape index (κ1) is 19.5. The second-order valence-corrected chi connectivity index (χ2v) is 8.48. The van der Waals surface area contributed by atoms with Crippen LogP contribution in [0.4, 0.5) is 0 Å². The van der Waals surface area contributed by atoms with E-state index < -0.39 is 11.9 Å². The van der Waals surface area contributed by atoms with Gasteiger partial charge in [0, 0.05) is 24.1 Å². The lowest BCUT2D eigenvalue weighted by Crippen LogP contribution is -2.44. The molecule has 1 aliphatic carbocycles. The quantitative estimate of drug-likeness (QED) is 0.857. The van der Waals surface area contributed by atoms with E-state index in [2.05, 4.69) is 13.8 Å². The van der Waals surface area contributed by atoms with E-state index in [1.54, 1.807) is 7.11 Å². The van der Waals surface area contributed by atoms with E-state index in [4.69, 9.17) is 4.74 Å². The average Bonchev–Trinajstić information content (AvgIpc) is 3.10. The summed E-state index contributed by atoms with van der Waals surface area (Å²) in [4.78, 5) is 27.7. The molecular weight excluding hydrogens is 366 g/mol. The van der Waals surface area contributed by atoms with Gasteiger partial charge >= 0.3 is 5.97 Å². The third-order valence-corrected chi connectivity index (χ3v) is 6.52. The van der Waals surface area contributed by atoms with Crippen molar-refractivity contribution >= 4 is 11.9 Å². The normalized spacial score (nSPS) is 25.4. The number of carboxylic acid groups (broad SMARTS) is 1. The summed E-state index contributed by atoms with van der Waals surface area (Å²) < 4.78 is 5.35. The molecule has 0 bridgehead atoms. The minimum Gasteiger partial charge on any atom is -0.497 e. The molecule has 4 rings (SSSR count). The van der Waals surface area contributed by atoms with Gasteiger partial charge in [0.05, 0.1) is 13.0 Å². The van der Waals surface area contributed by atoms with Gasteiger partial charge in [-0.25, -0.2) is 0 Å². The molecule has 0 saturated carbocycles. The highest BCUT2D eigenvalue weighted by atomic mass is 16.5. The summed E-state index contributed by atoms with van der Waals surface area (Å²) in [5.74, 6) is -0.619. The minimum absolute atomic E-state index is 0.00974. The van der Waals surface area contributed by atoms with Gasteiger partial charge in [0.15, 0.2) is 0 Å². The highest BCUT2D eigenvalue weighted by Crippen LogP contribution is 2.50. The first-order chi connectivity index (χ1) is 13.9. The SMILES string of the molecule is COc1ccc2c(c1)[C@H](C(=O)O)[C@@H]1[C@H](C2)CN(C(=O)c2ccccc2)[C@H]1C(C)C. The van der Waals surface area contributed by atoms with Crippen LogP contribution in [0.25, 0.3) is 0 Å². The van der Waals surface area contributed by atoms with Crippen molar-refractivity contribution in [3.05, 3.63) is 65.2 Å². The van der Waals surface area contributed by atoms with Crippen LogP contribution in [0.3, 0.4) is 0 Å². The molecule has 2 aliphatic rings. The Morgan fingerprint density at radius 2 is 1.86 bits per heavy atom. The van der Waals surface area contributed by atoms with Crippen LogP contribution in [0.15, 0.2) is 48.5 Å². The Morgan fingerprint density at radius 1 is 1.14 bits per heavy atom. The fourth-order valence-corrected chi connectivity index (χ4v) is 5.38. The van der Waals surface area contributed by atoms with Crippen molar-refractivity contribution in [3.8, 4) is 5.75 Å². The van der Waals surface area contributed by atoms with Gasteiger partial charge in [-0.3, -0.25) is 9.59 Å². The van der Waals surface area contributed by atoms with E-state index in [-0.39, 0.29) is 29.7 Å². The van der Waals surface area contributed by atoms with Gasteiger partial charge in [0.25, 0.3) is 5.91 Å². The Labute approximate surface area is 171 Å². The van der Waals surface area contributed by atoms with E-state index in [0.717, 1.165) is 17.5 Å². The molecule has 1 heterocycles. The number of benzene rings is 2. The van der Waals surface area contributed by atoms with E-state index >= 15 is 0 Å².